The Balaban J connectivity index is 1.81. The number of rotatable bonds is 3. The normalized spacial score (nSPS) is 14.2. The van der Waals surface area contributed by atoms with Gasteiger partial charge in [0.2, 0.25) is 5.91 Å². The van der Waals surface area contributed by atoms with E-state index in [0.717, 1.165) is 12.5 Å². The Morgan fingerprint density at radius 2 is 2.04 bits per heavy atom. The van der Waals surface area contributed by atoms with Gasteiger partial charge in [0.25, 0.3) is 0 Å². The third kappa shape index (κ3) is 3.23. The molecule has 1 heterocycles. The number of hydrogen-bond donors (Lipinski definition) is 0. The van der Waals surface area contributed by atoms with Crippen molar-refractivity contribution in [3.8, 4) is 5.75 Å². The third-order valence-corrected chi connectivity index (χ3v) is 3.83. The van der Waals surface area contributed by atoms with Gasteiger partial charge in [0, 0.05) is 24.7 Å². The summed E-state index contributed by atoms with van der Waals surface area (Å²) < 4.78 is 18.6. The summed E-state index contributed by atoms with van der Waals surface area (Å²) in [6.07, 6.45) is 1.36. The average molecular weight is 313 g/mol. The van der Waals surface area contributed by atoms with Crippen LogP contribution in [0.2, 0.25) is 0 Å². The standard InChI is InChI=1S/C18H16FNO3/c1-12-7-8-13(19)10-16(12)18(22)23-15-5-2-4-14(11-15)20-9-3-6-17(20)21/h2,4-5,7-8,10-11H,3,6,9H2,1H3. The molecule has 0 aromatic heterocycles. The minimum atomic E-state index is -0.619. The summed E-state index contributed by atoms with van der Waals surface area (Å²) in [6.45, 7) is 2.38. The number of aryl methyl sites for hydroxylation is 1. The zero-order valence-corrected chi connectivity index (χ0v) is 12.7. The predicted octanol–water partition coefficient (Wildman–Crippen LogP) is 3.48. The number of nitrogens with zero attached hydrogens (tertiary/aromatic N) is 1. The lowest BCUT2D eigenvalue weighted by molar-refractivity contribution is -0.117. The van der Waals surface area contributed by atoms with Crippen molar-refractivity contribution in [1.29, 1.82) is 0 Å². The van der Waals surface area contributed by atoms with Crippen molar-refractivity contribution in [3.63, 3.8) is 0 Å². The van der Waals surface area contributed by atoms with Crippen LogP contribution in [0.4, 0.5) is 10.1 Å². The molecule has 1 aliphatic rings. The van der Waals surface area contributed by atoms with E-state index in [0.29, 0.717) is 30.0 Å². The molecule has 0 saturated carbocycles. The van der Waals surface area contributed by atoms with Gasteiger partial charge in [-0.05, 0) is 43.2 Å². The molecule has 0 N–H and O–H groups in total. The maximum atomic E-state index is 13.3. The Morgan fingerprint density at radius 3 is 2.78 bits per heavy atom. The van der Waals surface area contributed by atoms with Crippen LogP contribution in [0.1, 0.15) is 28.8 Å². The average Bonchev–Trinajstić information content (AvgIpc) is 2.96. The van der Waals surface area contributed by atoms with Crippen molar-refractivity contribution in [2.75, 3.05) is 11.4 Å². The Hall–Kier alpha value is -2.69. The number of esters is 1. The molecule has 0 aliphatic carbocycles. The van der Waals surface area contributed by atoms with E-state index >= 15 is 0 Å². The van der Waals surface area contributed by atoms with Crippen LogP contribution in [-0.4, -0.2) is 18.4 Å². The topological polar surface area (TPSA) is 46.6 Å². The summed E-state index contributed by atoms with van der Waals surface area (Å²) in [5.41, 5.74) is 1.53. The van der Waals surface area contributed by atoms with Gasteiger partial charge in [-0.2, -0.15) is 0 Å². The highest BCUT2D eigenvalue weighted by atomic mass is 19.1. The molecule has 1 amide bonds. The smallest absolute Gasteiger partial charge is 0.343 e. The number of carbonyl (C=O) groups is 2. The fraction of sp³-hybridized carbons (Fsp3) is 0.222. The first-order valence-electron chi connectivity index (χ1n) is 7.43. The van der Waals surface area contributed by atoms with Gasteiger partial charge in [0.1, 0.15) is 11.6 Å². The van der Waals surface area contributed by atoms with Crippen molar-refractivity contribution in [2.45, 2.75) is 19.8 Å². The Kier molecular flexibility index (Phi) is 4.10. The van der Waals surface area contributed by atoms with Gasteiger partial charge in [-0.1, -0.05) is 12.1 Å². The summed E-state index contributed by atoms with van der Waals surface area (Å²) in [5, 5.41) is 0. The van der Waals surface area contributed by atoms with E-state index in [1.807, 2.05) is 0 Å². The SMILES string of the molecule is Cc1ccc(F)cc1C(=O)Oc1cccc(N2CCCC2=O)c1. The van der Waals surface area contributed by atoms with E-state index in [1.54, 1.807) is 36.1 Å². The van der Waals surface area contributed by atoms with E-state index in [4.69, 9.17) is 4.74 Å². The monoisotopic (exact) mass is 313 g/mol. The zero-order valence-electron chi connectivity index (χ0n) is 12.7. The maximum Gasteiger partial charge on any atom is 0.343 e. The molecule has 0 spiro atoms. The lowest BCUT2D eigenvalue weighted by Crippen LogP contribution is -2.23. The molecule has 1 fully saturated rings. The molecule has 2 aromatic rings. The largest absolute Gasteiger partial charge is 0.423 e. The number of anilines is 1. The molecule has 2 aromatic carbocycles. The first-order valence-corrected chi connectivity index (χ1v) is 7.43. The van der Waals surface area contributed by atoms with Gasteiger partial charge in [0.15, 0.2) is 0 Å². The fourth-order valence-electron chi connectivity index (χ4n) is 2.61. The summed E-state index contributed by atoms with van der Waals surface area (Å²) in [5.74, 6) is -0.712. The number of benzene rings is 2. The first kappa shape index (κ1) is 15.2. The maximum absolute atomic E-state index is 13.3. The number of ether oxygens (including phenoxy) is 1. The van der Waals surface area contributed by atoms with E-state index in [2.05, 4.69) is 0 Å². The van der Waals surface area contributed by atoms with Crippen molar-refractivity contribution in [2.24, 2.45) is 0 Å². The summed E-state index contributed by atoms with van der Waals surface area (Å²) in [7, 11) is 0. The van der Waals surface area contributed by atoms with Crippen molar-refractivity contribution in [3.05, 3.63) is 59.4 Å². The molecule has 0 bridgehead atoms. The van der Waals surface area contributed by atoms with Gasteiger partial charge >= 0.3 is 5.97 Å². The third-order valence-electron chi connectivity index (χ3n) is 3.83. The van der Waals surface area contributed by atoms with Gasteiger partial charge in [0.05, 0.1) is 5.56 Å². The highest BCUT2D eigenvalue weighted by molar-refractivity contribution is 5.96. The predicted molar refractivity (Wildman–Crippen MR) is 84.1 cm³/mol. The second-order valence-corrected chi connectivity index (χ2v) is 5.50. The number of carbonyl (C=O) groups excluding carboxylic acids is 2. The second kappa shape index (κ2) is 6.20. The minimum absolute atomic E-state index is 0.0643. The number of hydrogen-bond acceptors (Lipinski definition) is 3. The molecule has 5 heteroatoms. The lowest BCUT2D eigenvalue weighted by Gasteiger charge is -2.16. The van der Waals surface area contributed by atoms with Crippen LogP contribution in [0.5, 0.6) is 5.75 Å². The van der Waals surface area contributed by atoms with E-state index in [9.17, 15) is 14.0 Å². The van der Waals surface area contributed by atoms with Crippen LogP contribution in [0, 0.1) is 12.7 Å². The Bertz CT molecular complexity index is 773. The van der Waals surface area contributed by atoms with Crippen molar-refractivity contribution < 1.29 is 18.7 Å². The molecule has 0 radical (unpaired) electrons. The first-order chi connectivity index (χ1) is 11.0. The highest BCUT2D eigenvalue weighted by Crippen LogP contribution is 2.26. The number of halogens is 1. The van der Waals surface area contributed by atoms with E-state index in [1.165, 1.54) is 12.1 Å². The molecule has 3 rings (SSSR count). The van der Waals surface area contributed by atoms with Gasteiger partial charge in [-0.3, -0.25) is 4.79 Å². The molecule has 4 nitrogen and oxygen atoms in total. The van der Waals surface area contributed by atoms with Crippen LogP contribution < -0.4 is 9.64 Å². The van der Waals surface area contributed by atoms with Crippen LogP contribution >= 0.6 is 0 Å². The highest BCUT2D eigenvalue weighted by Gasteiger charge is 2.22. The zero-order chi connectivity index (χ0) is 16.4. The van der Waals surface area contributed by atoms with Crippen LogP contribution in [-0.2, 0) is 4.79 Å². The molecule has 0 unspecified atom stereocenters. The summed E-state index contributed by atoms with van der Waals surface area (Å²) >= 11 is 0. The molecule has 23 heavy (non-hydrogen) atoms. The minimum Gasteiger partial charge on any atom is -0.423 e. The lowest BCUT2D eigenvalue weighted by atomic mass is 10.1. The van der Waals surface area contributed by atoms with Crippen LogP contribution in [0.15, 0.2) is 42.5 Å². The van der Waals surface area contributed by atoms with Gasteiger partial charge in [-0.25, -0.2) is 9.18 Å². The van der Waals surface area contributed by atoms with Gasteiger partial charge in [-0.15, -0.1) is 0 Å². The van der Waals surface area contributed by atoms with E-state index in [-0.39, 0.29) is 11.5 Å². The molecular formula is C18H16FNO3. The molecule has 0 atom stereocenters. The quantitative estimate of drug-likeness (QED) is 0.644. The Labute approximate surface area is 133 Å². The summed E-state index contributed by atoms with van der Waals surface area (Å²) in [4.78, 5) is 25.7. The van der Waals surface area contributed by atoms with Gasteiger partial charge < -0.3 is 9.64 Å². The van der Waals surface area contributed by atoms with Crippen LogP contribution in [0.3, 0.4) is 0 Å². The fourth-order valence-corrected chi connectivity index (χ4v) is 2.61. The van der Waals surface area contributed by atoms with Crippen LogP contribution in [0.25, 0.3) is 0 Å². The second-order valence-electron chi connectivity index (χ2n) is 5.50. The number of amides is 1. The molecule has 1 saturated heterocycles. The molecule has 1 aliphatic heterocycles. The van der Waals surface area contributed by atoms with Crippen molar-refractivity contribution in [1.82, 2.24) is 0 Å². The van der Waals surface area contributed by atoms with Crippen molar-refractivity contribution >= 4 is 17.6 Å². The Morgan fingerprint density at radius 1 is 1.22 bits per heavy atom. The molecular weight excluding hydrogens is 297 g/mol. The van der Waals surface area contributed by atoms with E-state index < -0.39 is 11.8 Å². The molecule has 118 valence electrons. The summed E-state index contributed by atoms with van der Waals surface area (Å²) in [6, 6.07) is 10.8.